The Morgan fingerprint density at radius 2 is 2.05 bits per heavy atom. The van der Waals surface area contributed by atoms with Gasteiger partial charge in [0.15, 0.2) is 5.16 Å². The van der Waals surface area contributed by atoms with Crippen LogP contribution in [0.3, 0.4) is 0 Å². The average Bonchev–Trinajstić information content (AvgIpc) is 2.86. The molecule has 3 nitrogen and oxygen atoms in total. The molecule has 0 spiro atoms. The first-order valence-corrected chi connectivity index (χ1v) is 7.26. The van der Waals surface area contributed by atoms with Gasteiger partial charge in [0.05, 0.1) is 17.6 Å². The van der Waals surface area contributed by atoms with Crippen LogP contribution in [0.2, 0.25) is 0 Å². The van der Waals surface area contributed by atoms with E-state index in [4.69, 9.17) is 4.74 Å². The minimum Gasteiger partial charge on any atom is -0.493 e. The van der Waals surface area contributed by atoms with Crippen LogP contribution >= 0.6 is 11.8 Å². The third kappa shape index (κ3) is 3.11. The maximum atomic E-state index is 13.0. The van der Waals surface area contributed by atoms with Gasteiger partial charge in [-0.05, 0) is 24.3 Å². The number of halogens is 1. The normalized spacial score (nSPS) is 10.8. The van der Waals surface area contributed by atoms with Gasteiger partial charge in [-0.3, -0.25) is 0 Å². The number of thioether (sulfide) groups is 1. The molecule has 0 saturated carbocycles. The Bertz CT molecular complexity index is 681. The lowest BCUT2D eigenvalue weighted by Gasteiger charge is -2.04. The number of nitrogens with one attached hydrogen (secondary N) is 1. The van der Waals surface area contributed by atoms with E-state index in [0.717, 1.165) is 21.9 Å². The van der Waals surface area contributed by atoms with Gasteiger partial charge in [0.2, 0.25) is 0 Å². The fraction of sp³-hybridized carbons (Fsp3) is 0.133. The van der Waals surface area contributed by atoms with Crippen molar-refractivity contribution in [3.8, 4) is 5.75 Å². The third-order valence-corrected chi connectivity index (χ3v) is 3.59. The Morgan fingerprint density at radius 1 is 1.15 bits per heavy atom. The fourth-order valence-corrected chi connectivity index (χ4v) is 2.56. The Hall–Kier alpha value is -2.01. The molecule has 5 heteroatoms. The first kappa shape index (κ1) is 13.0. The van der Waals surface area contributed by atoms with Crippen molar-refractivity contribution in [2.24, 2.45) is 0 Å². The van der Waals surface area contributed by atoms with Gasteiger partial charge in [0, 0.05) is 11.8 Å². The van der Waals surface area contributed by atoms with Crippen molar-refractivity contribution in [3.05, 3.63) is 54.3 Å². The summed E-state index contributed by atoms with van der Waals surface area (Å²) in [7, 11) is 0. The van der Waals surface area contributed by atoms with Crippen LogP contribution in [0, 0.1) is 5.82 Å². The average molecular weight is 288 g/mol. The van der Waals surface area contributed by atoms with E-state index in [1.807, 2.05) is 24.3 Å². The molecule has 0 unspecified atom stereocenters. The molecular weight excluding hydrogens is 275 g/mol. The van der Waals surface area contributed by atoms with Crippen LogP contribution in [0.1, 0.15) is 0 Å². The first-order valence-electron chi connectivity index (χ1n) is 6.27. The van der Waals surface area contributed by atoms with E-state index < -0.39 is 0 Å². The summed E-state index contributed by atoms with van der Waals surface area (Å²) >= 11 is 1.58. The molecule has 102 valence electrons. The zero-order valence-corrected chi connectivity index (χ0v) is 11.5. The zero-order chi connectivity index (χ0) is 13.8. The summed E-state index contributed by atoms with van der Waals surface area (Å²) in [5, 5.41) is 0.869. The Morgan fingerprint density at radius 3 is 2.90 bits per heavy atom. The summed E-state index contributed by atoms with van der Waals surface area (Å²) in [5.74, 6) is 1.01. The fourth-order valence-electron chi connectivity index (χ4n) is 1.85. The van der Waals surface area contributed by atoms with Gasteiger partial charge in [0.1, 0.15) is 11.6 Å². The quantitative estimate of drug-likeness (QED) is 0.572. The van der Waals surface area contributed by atoms with Gasteiger partial charge in [-0.2, -0.15) is 0 Å². The topological polar surface area (TPSA) is 37.9 Å². The zero-order valence-electron chi connectivity index (χ0n) is 10.7. The highest BCUT2D eigenvalue weighted by Gasteiger charge is 2.02. The third-order valence-electron chi connectivity index (χ3n) is 2.75. The smallest absolute Gasteiger partial charge is 0.166 e. The molecule has 1 N–H and O–H groups in total. The summed E-state index contributed by atoms with van der Waals surface area (Å²) < 4.78 is 18.4. The number of fused-ring (bicyclic) bond motifs is 1. The molecule has 0 fully saturated rings. The van der Waals surface area contributed by atoms with E-state index in [1.165, 1.54) is 12.1 Å². The number of H-pyrrole nitrogens is 1. The summed E-state index contributed by atoms with van der Waals surface area (Å²) in [6.07, 6.45) is 0. The minimum atomic E-state index is -0.285. The lowest BCUT2D eigenvalue weighted by atomic mass is 10.3. The summed E-state index contributed by atoms with van der Waals surface area (Å²) in [5.41, 5.74) is 1.99. The number of hydrogen-bond acceptors (Lipinski definition) is 3. The van der Waals surface area contributed by atoms with Gasteiger partial charge in [-0.15, -0.1) is 0 Å². The van der Waals surface area contributed by atoms with E-state index in [2.05, 4.69) is 9.97 Å². The highest BCUT2D eigenvalue weighted by atomic mass is 32.2. The molecule has 0 saturated heterocycles. The van der Waals surface area contributed by atoms with E-state index in [0.29, 0.717) is 12.4 Å². The van der Waals surface area contributed by atoms with Crippen molar-refractivity contribution >= 4 is 22.8 Å². The number of benzene rings is 2. The van der Waals surface area contributed by atoms with Crippen molar-refractivity contribution in [1.82, 2.24) is 9.97 Å². The second-order valence-corrected chi connectivity index (χ2v) is 5.30. The largest absolute Gasteiger partial charge is 0.493 e. The lowest BCUT2D eigenvalue weighted by Crippen LogP contribution is -2.00. The summed E-state index contributed by atoms with van der Waals surface area (Å²) in [6, 6.07) is 14.1. The number of ether oxygens (including phenoxy) is 1. The van der Waals surface area contributed by atoms with Crippen LogP contribution in [0.15, 0.2) is 53.7 Å². The second-order valence-electron chi connectivity index (χ2n) is 4.21. The standard InChI is InChI=1S/C15H13FN2OS/c16-11-4-3-5-12(10-11)19-8-9-20-15-17-13-6-1-2-7-14(13)18-15/h1-7,10H,8-9H2,(H,17,18). The van der Waals surface area contributed by atoms with Crippen LogP contribution < -0.4 is 4.74 Å². The molecule has 0 aliphatic carbocycles. The van der Waals surface area contributed by atoms with Crippen LogP contribution in [-0.2, 0) is 0 Å². The molecule has 3 rings (SSSR count). The minimum absolute atomic E-state index is 0.285. The Kier molecular flexibility index (Phi) is 3.87. The van der Waals surface area contributed by atoms with E-state index >= 15 is 0 Å². The molecule has 0 amide bonds. The van der Waals surface area contributed by atoms with Gasteiger partial charge >= 0.3 is 0 Å². The van der Waals surface area contributed by atoms with Crippen LogP contribution in [0.25, 0.3) is 11.0 Å². The van der Waals surface area contributed by atoms with E-state index in [9.17, 15) is 4.39 Å². The van der Waals surface area contributed by atoms with Crippen molar-refractivity contribution in [3.63, 3.8) is 0 Å². The van der Waals surface area contributed by atoms with Gasteiger partial charge in [0.25, 0.3) is 0 Å². The molecule has 2 aromatic carbocycles. The van der Waals surface area contributed by atoms with Crippen LogP contribution in [0.4, 0.5) is 4.39 Å². The number of aromatic nitrogens is 2. The number of aromatic amines is 1. The molecule has 0 atom stereocenters. The highest BCUT2D eigenvalue weighted by molar-refractivity contribution is 7.99. The molecule has 1 aromatic heterocycles. The molecule has 0 aliphatic rings. The summed E-state index contributed by atoms with van der Waals surface area (Å²) in [6.45, 7) is 0.505. The SMILES string of the molecule is Fc1cccc(OCCSc2nc3ccccc3[nH]2)c1. The predicted octanol–water partition coefficient (Wildman–Crippen LogP) is 3.87. The Labute approximate surface area is 120 Å². The van der Waals surface area contributed by atoms with Crippen LogP contribution in [0.5, 0.6) is 5.75 Å². The van der Waals surface area contributed by atoms with Crippen molar-refractivity contribution < 1.29 is 9.13 Å². The molecule has 0 bridgehead atoms. The molecule has 20 heavy (non-hydrogen) atoms. The van der Waals surface area contributed by atoms with E-state index in [-0.39, 0.29) is 5.82 Å². The van der Waals surface area contributed by atoms with Crippen molar-refractivity contribution in [2.75, 3.05) is 12.4 Å². The molecule has 3 aromatic rings. The van der Waals surface area contributed by atoms with Gasteiger partial charge in [-0.25, -0.2) is 9.37 Å². The van der Waals surface area contributed by atoms with E-state index in [1.54, 1.807) is 23.9 Å². The molecule has 1 heterocycles. The molecule has 0 aliphatic heterocycles. The number of imidazole rings is 1. The monoisotopic (exact) mass is 288 g/mol. The first-order chi connectivity index (χ1) is 9.81. The molecule has 0 radical (unpaired) electrons. The number of hydrogen-bond donors (Lipinski definition) is 1. The summed E-state index contributed by atoms with van der Waals surface area (Å²) in [4.78, 5) is 7.70. The maximum absolute atomic E-state index is 13.0. The molecular formula is C15H13FN2OS. The van der Waals surface area contributed by atoms with Crippen molar-refractivity contribution in [1.29, 1.82) is 0 Å². The maximum Gasteiger partial charge on any atom is 0.166 e. The van der Waals surface area contributed by atoms with Gasteiger partial charge in [-0.1, -0.05) is 30.0 Å². The van der Waals surface area contributed by atoms with Crippen LogP contribution in [-0.4, -0.2) is 22.3 Å². The van der Waals surface area contributed by atoms with Gasteiger partial charge < -0.3 is 9.72 Å². The second kappa shape index (κ2) is 5.96. The Balaban J connectivity index is 1.52. The van der Waals surface area contributed by atoms with Crippen molar-refractivity contribution in [2.45, 2.75) is 5.16 Å². The number of nitrogens with zero attached hydrogens (tertiary/aromatic N) is 1. The highest BCUT2D eigenvalue weighted by Crippen LogP contribution is 2.19. The number of rotatable bonds is 5. The predicted molar refractivity (Wildman–Crippen MR) is 78.7 cm³/mol. The lowest BCUT2D eigenvalue weighted by molar-refractivity contribution is 0.342. The number of para-hydroxylation sites is 2.